The van der Waals surface area contributed by atoms with E-state index in [1.54, 1.807) is 23.1 Å². The van der Waals surface area contributed by atoms with Crippen LogP contribution in [0.1, 0.15) is 82.0 Å². The Morgan fingerprint density at radius 2 is 1.79 bits per heavy atom. The number of rotatable bonds is 11. The van der Waals surface area contributed by atoms with E-state index in [1.807, 2.05) is 65.0 Å². The maximum absolute atomic E-state index is 14.4. The molecule has 4 rings (SSSR count). The van der Waals surface area contributed by atoms with Crippen molar-refractivity contribution in [2.45, 2.75) is 77.4 Å². The van der Waals surface area contributed by atoms with Gasteiger partial charge in [-0.3, -0.25) is 9.59 Å². The highest BCUT2D eigenvalue weighted by Crippen LogP contribution is 2.34. The molecular formula is C35H52N6O6. The van der Waals surface area contributed by atoms with Crippen LogP contribution in [-0.4, -0.2) is 112 Å². The number of aliphatic hydroxyl groups is 1. The van der Waals surface area contributed by atoms with Crippen LogP contribution in [0.2, 0.25) is 0 Å². The van der Waals surface area contributed by atoms with E-state index < -0.39 is 23.7 Å². The number of hydrogen-bond acceptors (Lipinski definition) is 8. The number of likely N-dealkylation sites (tertiary alicyclic amines) is 2. The van der Waals surface area contributed by atoms with E-state index in [-0.39, 0.29) is 36.2 Å². The molecule has 0 saturated carbocycles. The molecule has 2 fully saturated rings. The number of carboxylic acid groups (broad SMARTS) is 1. The maximum Gasteiger partial charge on any atom is 0.407 e. The third kappa shape index (κ3) is 8.98. The first-order chi connectivity index (χ1) is 22.2. The van der Waals surface area contributed by atoms with Crippen LogP contribution in [0.4, 0.5) is 10.6 Å². The fraction of sp³-hybridized carbons (Fsp3) is 0.629. The highest BCUT2D eigenvalue weighted by molar-refractivity contribution is 5.98. The van der Waals surface area contributed by atoms with Gasteiger partial charge in [0.15, 0.2) is 0 Å². The Kier molecular flexibility index (Phi) is 11.8. The second kappa shape index (κ2) is 15.4. The maximum atomic E-state index is 14.4. The SMILES string of the molecule is COCCCNc1nc(C(C)(C)C)ncc1C(=O)N(CC(C)C)[C@H]1C[C@@H](C(=O)N2CCC(O)(c3ccccc3)CC2)CN(C(=O)O)C1. The summed E-state index contributed by atoms with van der Waals surface area (Å²) in [4.78, 5) is 54.7. The number of nitrogens with zero attached hydrogens (tertiary/aromatic N) is 5. The predicted octanol–water partition coefficient (Wildman–Crippen LogP) is 4.20. The summed E-state index contributed by atoms with van der Waals surface area (Å²) >= 11 is 0. The number of nitrogens with one attached hydrogen (secondary N) is 1. The lowest BCUT2D eigenvalue weighted by molar-refractivity contribution is -0.142. The van der Waals surface area contributed by atoms with Crippen LogP contribution in [0.25, 0.3) is 0 Å². The topological polar surface area (TPSA) is 148 Å². The summed E-state index contributed by atoms with van der Waals surface area (Å²) in [6.45, 7) is 12.4. The molecular weight excluding hydrogens is 600 g/mol. The van der Waals surface area contributed by atoms with E-state index in [4.69, 9.17) is 9.72 Å². The van der Waals surface area contributed by atoms with Crippen LogP contribution in [0.3, 0.4) is 0 Å². The van der Waals surface area contributed by atoms with Gasteiger partial charge in [-0.1, -0.05) is 65.0 Å². The highest BCUT2D eigenvalue weighted by atomic mass is 16.5. The summed E-state index contributed by atoms with van der Waals surface area (Å²) in [7, 11) is 1.64. The van der Waals surface area contributed by atoms with Crippen molar-refractivity contribution >= 4 is 23.7 Å². The lowest BCUT2D eigenvalue weighted by atomic mass is 9.83. The number of carbonyl (C=O) groups is 3. The summed E-state index contributed by atoms with van der Waals surface area (Å²) in [5, 5.41) is 24.7. The lowest BCUT2D eigenvalue weighted by Crippen LogP contribution is -2.58. The molecule has 2 aromatic rings. The Bertz CT molecular complexity index is 1370. The molecule has 2 atom stereocenters. The van der Waals surface area contributed by atoms with Crippen LogP contribution in [-0.2, 0) is 20.5 Å². The smallest absolute Gasteiger partial charge is 0.407 e. The van der Waals surface area contributed by atoms with Gasteiger partial charge in [-0.05, 0) is 37.2 Å². The van der Waals surface area contributed by atoms with Crippen LogP contribution < -0.4 is 5.32 Å². The molecule has 12 heteroatoms. The second-order valence-electron chi connectivity index (χ2n) is 14.3. The molecule has 1 aromatic heterocycles. The van der Waals surface area contributed by atoms with Gasteiger partial charge in [0.1, 0.15) is 17.2 Å². The number of anilines is 1. The average Bonchev–Trinajstić information content (AvgIpc) is 3.05. The number of benzene rings is 1. The van der Waals surface area contributed by atoms with Gasteiger partial charge in [-0.2, -0.15) is 0 Å². The van der Waals surface area contributed by atoms with E-state index in [0.29, 0.717) is 75.7 Å². The monoisotopic (exact) mass is 652 g/mol. The van der Waals surface area contributed by atoms with Crippen molar-refractivity contribution in [2.75, 3.05) is 58.3 Å². The van der Waals surface area contributed by atoms with Gasteiger partial charge in [0.25, 0.3) is 5.91 Å². The van der Waals surface area contributed by atoms with Crippen molar-refractivity contribution < 1.29 is 29.3 Å². The number of amides is 3. The van der Waals surface area contributed by atoms with Crippen molar-refractivity contribution in [3.05, 3.63) is 53.5 Å². The standard InChI is InChI=1S/C35H52N6O6/c1-24(2)21-41(31(43)28-20-37-32(34(3,4)5)38-29(28)36-15-10-18-47-6)27-19-25(22-40(23-27)33(44)45)30(42)39-16-13-35(46,14-17-39)26-11-8-7-9-12-26/h7-9,11-12,20,24-25,27,46H,10,13-19,21-23H2,1-6H3,(H,44,45)(H,36,37,38)/t25-,27+/m1/s1. The number of ether oxygens (including phenoxy) is 1. The largest absolute Gasteiger partial charge is 0.465 e. The number of methoxy groups -OCH3 is 1. The minimum absolute atomic E-state index is 0.0591. The van der Waals surface area contributed by atoms with E-state index >= 15 is 0 Å². The highest BCUT2D eigenvalue weighted by Gasteiger charge is 2.42. The van der Waals surface area contributed by atoms with Crippen LogP contribution in [0, 0.1) is 11.8 Å². The summed E-state index contributed by atoms with van der Waals surface area (Å²) in [6.07, 6.45) is 2.27. The first-order valence-corrected chi connectivity index (χ1v) is 16.7. The first kappa shape index (κ1) is 36.1. The molecule has 47 heavy (non-hydrogen) atoms. The quantitative estimate of drug-likeness (QED) is 0.304. The molecule has 0 spiro atoms. The third-order valence-electron chi connectivity index (χ3n) is 9.03. The molecule has 2 saturated heterocycles. The Balaban J connectivity index is 1.58. The van der Waals surface area contributed by atoms with Gasteiger partial charge < -0.3 is 35.0 Å². The Labute approximate surface area is 278 Å². The number of aromatic nitrogens is 2. The Morgan fingerprint density at radius 3 is 2.38 bits per heavy atom. The summed E-state index contributed by atoms with van der Waals surface area (Å²) in [5.41, 5.74) is -0.216. The van der Waals surface area contributed by atoms with Gasteiger partial charge in [0, 0.05) is 64.6 Å². The number of hydrogen-bond donors (Lipinski definition) is 3. The molecule has 3 amide bonds. The lowest BCUT2D eigenvalue weighted by Gasteiger charge is -2.44. The zero-order valence-electron chi connectivity index (χ0n) is 28.7. The summed E-state index contributed by atoms with van der Waals surface area (Å²) in [5.74, 6) is 0.0340. The predicted molar refractivity (Wildman–Crippen MR) is 179 cm³/mol. The van der Waals surface area contributed by atoms with Crippen molar-refractivity contribution in [2.24, 2.45) is 11.8 Å². The Morgan fingerprint density at radius 1 is 1.11 bits per heavy atom. The molecule has 0 aliphatic carbocycles. The Hall–Kier alpha value is -3.77. The molecule has 0 unspecified atom stereocenters. The molecule has 2 aliphatic rings. The minimum Gasteiger partial charge on any atom is -0.465 e. The minimum atomic E-state index is -1.13. The van der Waals surface area contributed by atoms with Crippen LogP contribution in [0.5, 0.6) is 0 Å². The fourth-order valence-electron chi connectivity index (χ4n) is 6.43. The molecule has 12 nitrogen and oxygen atoms in total. The van der Waals surface area contributed by atoms with E-state index in [9.17, 15) is 24.6 Å². The molecule has 0 radical (unpaired) electrons. The first-order valence-electron chi connectivity index (χ1n) is 16.7. The zero-order valence-corrected chi connectivity index (χ0v) is 28.7. The second-order valence-corrected chi connectivity index (χ2v) is 14.3. The average molecular weight is 653 g/mol. The fourth-order valence-corrected chi connectivity index (χ4v) is 6.43. The molecule has 1 aromatic carbocycles. The van der Waals surface area contributed by atoms with Gasteiger partial charge >= 0.3 is 6.09 Å². The van der Waals surface area contributed by atoms with Crippen molar-refractivity contribution in [3.8, 4) is 0 Å². The van der Waals surface area contributed by atoms with Crippen molar-refractivity contribution in [1.82, 2.24) is 24.7 Å². The number of piperidine rings is 2. The van der Waals surface area contributed by atoms with Crippen molar-refractivity contribution in [3.63, 3.8) is 0 Å². The van der Waals surface area contributed by atoms with Gasteiger partial charge in [-0.25, -0.2) is 14.8 Å². The third-order valence-corrected chi connectivity index (χ3v) is 9.03. The van der Waals surface area contributed by atoms with Gasteiger partial charge in [0.05, 0.1) is 17.6 Å². The van der Waals surface area contributed by atoms with E-state index in [0.717, 1.165) is 5.56 Å². The molecule has 258 valence electrons. The molecule has 0 bridgehead atoms. The summed E-state index contributed by atoms with van der Waals surface area (Å²) in [6, 6.07) is 8.96. The van der Waals surface area contributed by atoms with E-state index in [1.165, 1.54) is 4.90 Å². The normalized spacial score (nSPS) is 19.8. The molecule has 3 heterocycles. The van der Waals surface area contributed by atoms with Crippen LogP contribution >= 0.6 is 0 Å². The zero-order chi connectivity index (χ0) is 34.4. The molecule has 2 aliphatic heterocycles. The summed E-state index contributed by atoms with van der Waals surface area (Å²) < 4.78 is 5.19. The van der Waals surface area contributed by atoms with Gasteiger partial charge in [0.2, 0.25) is 5.91 Å². The van der Waals surface area contributed by atoms with Crippen LogP contribution in [0.15, 0.2) is 36.5 Å². The molecule has 3 N–H and O–H groups in total. The van der Waals surface area contributed by atoms with Gasteiger partial charge in [-0.15, -0.1) is 0 Å². The van der Waals surface area contributed by atoms with E-state index in [2.05, 4.69) is 10.3 Å². The van der Waals surface area contributed by atoms with Crippen molar-refractivity contribution in [1.29, 1.82) is 0 Å². The number of carbonyl (C=O) groups excluding carboxylic acids is 2.